The molecular weight excluding hydrogens is 378 g/mol. The molecule has 28 heavy (non-hydrogen) atoms. The van der Waals surface area contributed by atoms with Gasteiger partial charge in [-0.1, -0.05) is 31.2 Å². The van der Waals surface area contributed by atoms with Gasteiger partial charge in [0.2, 0.25) is 5.91 Å². The molecule has 0 N–H and O–H groups in total. The normalized spacial score (nSPS) is 10.5. The van der Waals surface area contributed by atoms with E-state index in [4.69, 9.17) is 4.74 Å². The Morgan fingerprint density at radius 3 is 2.57 bits per heavy atom. The van der Waals surface area contributed by atoms with Crippen LogP contribution in [0.2, 0.25) is 0 Å². The molecule has 3 aromatic rings. The number of ether oxygens (including phenoxy) is 1. The summed E-state index contributed by atoms with van der Waals surface area (Å²) in [6.07, 6.45) is 0.921. The van der Waals surface area contributed by atoms with Crippen LogP contribution in [0, 0.1) is 10.1 Å². The van der Waals surface area contributed by atoms with E-state index in [2.05, 4.69) is 11.9 Å². The highest BCUT2D eigenvalue weighted by Gasteiger charge is 2.19. The van der Waals surface area contributed by atoms with Crippen molar-refractivity contribution >= 4 is 33.8 Å². The molecule has 2 aromatic carbocycles. The van der Waals surface area contributed by atoms with Crippen LogP contribution in [0.3, 0.4) is 0 Å². The third kappa shape index (κ3) is 4.34. The van der Waals surface area contributed by atoms with Crippen LogP contribution in [-0.4, -0.2) is 15.8 Å². The molecule has 0 saturated heterocycles. The molecule has 0 saturated carbocycles. The van der Waals surface area contributed by atoms with Crippen LogP contribution in [0.1, 0.15) is 25.1 Å². The quantitative estimate of drug-likeness (QED) is 0.419. The summed E-state index contributed by atoms with van der Waals surface area (Å²) in [5.74, 6) is 0.0328. The number of hydrogen-bond acceptors (Lipinski definition) is 6. The molecular formula is C20H19N3O4S. The van der Waals surface area contributed by atoms with Crippen molar-refractivity contribution in [3.63, 3.8) is 0 Å². The van der Waals surface area contributed by atoms with Gasteiger partial charge in [0.05, 0.1) is 16.3 Å². The number of carbonyl (C=O) groups excluding carboxylic acids is 1. The minimum atomic E-state index is -0.487. The lowest BCUT2D eigenvalue weighted by Gasteiger charge is -2.18. The van der Waals surface area contributed by atoms with E-state index >= 15 is 0 Å². The standard InChI is InChI=1S/C20H19N3O4S/c1-3-15-8-10-17(11-9-15)22(14(2)24)20-21-16(13-28-20)12-27-19-7-5-4-6-18(19)23(25)26/h4-11,13H,3,12H2,1-2H3. The van der Waals surface area contributed by atoms with E-state index in [1.807, 2.05) is 24.3 Å². The third-order valence-corrected chi connectivity index (χ3v) is 4.96. The number of anilines is 2. The Balaban J connectivity index is 1.78. The lowest BCUT2D eigenvalue weighted by molar-refractivity contribution is -0.385. The van der Waals surface area contributed by atoms with Crippen molar-refractivity contribution in [2.24, 2.45) is 0 Å². The Morgan fingerprint density at radius 1 is 1.21 bits per heavy atom. The zero-order valence-electron chi connectivity index (χ0n) is 15.5. The second-order valence-corrected chi connectivity index (χ2v) is 6.85. The van der Waals surface area contributed by atoms with Crippen LogP contribution < -0.4 is 9.64 Å². The summed E-state index contributed by atoms with van der Waals surface area (Å²) in [7, 11) is 0. The lowest BCUT2D eigenvalue weighted by atomic mass is 10.1. The Hall–Kier alpha value is -3.26. The van der Waals surface area contributed by atoms with Gasteiger partial charge in [-0.05, 0) is 30.2 Å². The molecule has 0 fully saturated rings. The van der Waals surface area contributed by atoms with Crippen LogP contribution in [-0.2, 0) is 17.8 Å². The Kier molecular flexibility index (Phi) is 6.00. The number of amides is 1. The number of nitro groups is 1. The van der Waals surface area contributed by atoms with Crippen molar-refractivity contribution in [3.8, 4) is 5.75 Å². The average Bonchev–Trinajstić information content (AvgIpc) is 3.15. The van der Waals surface area contributed by atoms with Gasteiger partial charge in [-0.15, -0.1) is 11.3 Å². The molecule has 0 aliphatic carbocycles. The van der Waals surface area contributed by atoms with Gasteiger partial charge in [0.25, 0.3) is 0 Å². The molecule has 1 heterocycles. The molecule has 0 aliphatic rings. The van der Waals surface area contributed by atoms with E-state index in [0.717, 1.165) is 12.1 Å². The van der Waals surface area contributed by atoms with Crippen molar-refractivity contribution in [2.75, 3.05) is 4.90 Å². The summed E-state index contributed by atoms with van der Waals surface area (Å²) >= 11 is 1.32. The third-order valence-electron chi connectivity index (χ3n) is 4.09. The van der Waals surface area contributed by atoms with Crippen LogP contribution in [0.25, 0.3) is 0 Å². The molecule has 0 aliphatic heterocycles. The van der Waals surface area contributed by atoms with E-state index in [9.17, 15) is 14.9 Å². The highest BCUT2D eigenvalue weighted by atomic mass is 32.1. The first-order valence-electron chi connectivity index (χ1n) is 8.70. The van der Waals surface area contributed by atoms with E-state index in [1.165, 1.54) is 29.9 Å². The number of carbonyl (C=O) groups is 1. The first-order chi connectivity index (χ1) is 13.5. The topological polar surface area (TPSA) is 85.6 Å². The fourth-order valence-electron chi connectivity index (χ4n) is 2.65. The summed E-state index contributed by atoms with van der Waals surface area (Å²) < 4.78 is 5.57. The first kappa shape index (κ1) is 19.5. The highest BCUT2D eigenvalue weighted by molar-refractivity contribution is 7.14. The number of para-hydroxylation sites is 2. The molecule has 0 atom stereocenters. The van der Waals surface area contributed by atoms with Gasteiger partial charge in [0.15, 0.2) is 10.9 Å². The number of rotatable bonds is 7. The minimum Gasteiger partial charge on any atom is -0.480 e. The molecule has 0 bridgehead atoms. The van der Waals surface area contributed by atoms with E-state index in [0.29, 0.717) is 10.8 Å². The van der Waals surface area contributed by atoms with Gasteiger partial charge >= 0.3 is 5.69 Å². The van der Waals surface area contributed by atoms with Crippen molar-refractivity contribution in [1.82, 2.24) is 4.98 Å². The fraction of sp³-hybridized carbons (Fsp3) is 0.200. The molecule has 8 heteroatoms. The Morgan fingerprint density at radius 2 is 1.93 bits per heavy atom. The van der Waals surface area contributed by atoms with Gasteiger partial charge in [-0.2, -0.15) is 0 Å². The van der Waals surface area contributed by atoms with E-state index in [1.54, 1.807) is 28.5 Å². The van der Waals surface area contributed by atoms with Crippen molar-refractivity contribution in [3.05, 3.63) is 75.3 Å². The molecule has 144 valence electrons. The van der Waals surface area contributed by atoms with Crippen molar-refractivity contribution in [2.45, 2.75) is 26.9 Å². The number of nitro benzene ring substituents is 1. The van der Waals surface area contributed by atoms with Crippen molar-refractivity contribution in [1.29, 1.82) is 0 Å². The number of nitrogens with zero attached hydrogens (tertiary/aromatic N) is 3. The fourth-order valence-corrected chi connectivity index (χ4v) is 3.53. The molecule has 1 amide bonds. The Bertz CT molecular complexity index is 985. The summed E-state index contributed by atoms with van der Waals surface area (Å²) in [5.41, 5.74) is 2.42. The molecule has 7 nitrogen and oxygen atoms in total. The monoisotopic (exact) mass is 397 g/mol. The predicted octanol–water partition coefficient (Wildman–Crippen LogP) is 4.88. The number of hydrogen-bond donors (Lipinski definition) is 0. The second kappa shape index (κ2) is 8.62. The van der Waals surface area contributed by atoms with Crippen LogP contribution in [0.15, 0.2) is 53.9 Å². The number of aromatic nitrogens is 1. The van der Waals surface area contributed by atoms with E-state index in [-0.39, 0.29) is 24.0 Å². The molecule has 3 rings (SSSR count). The number of aryl methyl sites for hydroxylation is 1. The van der Waals surface area contributed by atoms with Gasteiger partial charge < -0.3 is 4.74 Å². The summed E-state index contributed by atoms with van der Waals surface area (Å²) in [5, 5.41) is 13.4. The van der Waals surface area contributed by atoms with Gasteiger partial charge in [-0.25, -0.2) is 4.98 Å². The largest absolute Gasteiger partial charge is 0.480 e. The first-order valence-corrected chi connectivity index (χ1v) is 9.57. The highest BCUT2D eigenvalue weighted by Crippen LogP contribution is 2.31. The SMILES string of the molecule is CCc1ccc(N(C(C)=O)c2nc(COc3ccccc3[N+](=O)[O-])cs2)cc1. The molecule has 0 unspecified atom stereocenters. The summed E-state index contributed by atoms with van der Waals surface area (Å²) in [6, 6.07) is 13.9. The lowest BCUT2D eigenvalue weighted by Crippen LogP contribution is -2.22. The maximum absolute atomic E-state index is 12.2. The second-order valence-electron chi connectivity index (χ2n) is 6.01. The maximum atomic E-state index is 12.2. The maximum Gasteiger partial charge on any atom is 0.310 e. The van der Waals surface area contributed by atoms with Crippen molar-refractivity contribution < 1.29 is 14.5 Å². The number of benzene rings is 2. The van der Waals surface area contributed by atoms with Crippen LogP contribution in [0.5, 0.6) is 5.75 Å². The zero-order valence-corrected chi connectivity index (χ0v) is 16.3. The minimum absolute atomic E-state index is 0.0713. The molecule has 1 aromatic heterocycles. The van der Waals surface area contributed by atoms with Gasteiger partial charge in [0.1, 0.15) is 6.61 Å². The molecule has 0 radical (unpaired) electrons. The number of thiazole rings is 1. The molecule has 0 spiro atoms. The van der Waals surface area contributed by atoms with Gasteiger partial charge in [-0.3, -0.25) is 19.8 Å². The van der Waals surface area contributed by atoms with Crippen LogP contribution in [0.4, 0.5) is 16.5 Å². The zero-order chi connectivity index (χ0) is 20.1. The van der Waals surface area contributed by atoms with E-state index < -0.39 is 4.92 Å². The smallest absolute Gasteiger partial charge is 0.310 e. The summed E-state index contributed by atoms with van der Waals surface area (Å²) in [4.78, 5) is 28.8. The predicted molar refractivity (Wildman–Crippen MR) is 108 cm³/mol. The summed E-state index contributed by atoms with van der Waals surface area (Å²) in [6.45, 7) is 3.63. The Labute approximate surface area is 166 Å². The average molecular weight is 397 g/mol. The van der Waals surface area contributed by atoms with Crippen LogP contribution >= 0.6 is 11.3 Å². The van der Waals surface area contributed by atoms with Gasteiger partial charge in [0, 0.05) is 18.4 Å².